The summed E-state index contributed by atoms with van der Waals surface area (Å²) in [6, 6.07) is 8.48. The average molecular weight is 251 g/mol. The van der Waals surface area contributed by atoms with Crippen molar-refractivity contribution in [2.75, 3.05) is 0 Å². The van der Waals surface area contributed by atoms with E-state index in [1.54, 1.807) is 0 Å². The monoisotopic (exact) mass is 251 g/mol. The van der Waals surface area contributed by atoms with Crippen LogP contribution < -0.4 is 0 Å². The summed E-state index contributed by atoms with van der Waals surface area (Å²) in [4.78, 5) is 0. The van der Waals surface area contributed by atoms with E-state index in [1.165, 1.54) is 24.8 Å². The number of hydrogen-bond acceptors (Lipinski definition) is 0. The topological polar surface area (TPSA) is 0 Å². The molecule has 0 heterocycles. The van der Waals surface area contributed by atoms with E-state index in [2.05, 4.69) is 38.1 Å². The van der Waals surface area contributed by atoms with Gasteiger partial charge in [0.05, 0.1) is 0 Å². The summed E-state index contributed by atoms with van der Waals surface area (Å²) in [7, 11) is 0. The van der Waals surface area contributed by atoms with Crippen molar-refractivity contribution < 1.29 is 32.7 Å². The number of hydrogen-bond donors (Lipinski definition) is 0. The quantitative estimate of drug-likeness (QED) is 0.719. The second-order valence-corrected chi connectivity index (χ2v) is 2.92. The van der Waals surface area contributed by atoms with Crippen molar-refractivity contribution in [2.45, 2.75) is 26.2 Å². The molecule has 1 radical (unpaired) electrons. The van der Waals surface area contributed by atoms with Crippen LogP contribution in [0.1, 0.15) is 30.9 Å². The Morgan fingerprint density at radius 1 is 1.15 bits per heavy atom. The number of rotatable bonds is 3. The molecule has 0 aliphatic heterocycles. The van der Waals surface area contributed by atoms with Crippen molar-refractivity contribution in [3.05, 3.63) is 49.7 Å². The fraction of sp³-hybridized carbons (Fsp3) is 0.333. The van der Waals surface area contributed by atoms with Gasteiger partial charge in [-0.25, -0.2) is 0 Å². The molecule has 71 valence electrons. The zero-order valence-electron chi connectivity index (χ0n) is 8.72. The van der Waals surface area contributed by atoms with Crippen molar-refractivity contribution in [3.8, 4) is 0 Å². The van der Waals surface area contributed by atoms with E-state index in [-0.39, 0.29) is 40.1 Å². The second-order valence-electron chi connectivity index (χ2n) is 2.92. The van der Waals surface area contributed by atoms with Crippen LogP contribution in [0.4, 0.5) is 0 Å². The molecule has 1 aromatic carbocycles. The molecule has 0 saturated heterocycles. The molecule has 0 saturated carbocycles. The van der Waals surface area contributed by atoms with Gasteiger partial charge in [-0.05, 0) is 12.8 Å². The summed E-state index contributed by atoms with van der Waals surface area (Å²) in [6.45, 7) is 6.06. The molecule has 1 aromatic rings. The van der Waals surface area contributed by atoms with Gasteiger partial charge in [0.1, 0.15) is 0 Å². The first-order valence-corrected chi connectivity index (χ1v) is 4.24. The third-order valence-electron chi connectivity index (χ3n) is 1.84. The van der Waals surface area contributed by atoms with E-state index in [0.717, 1.165) is 5.56 Å². The van der Waals surface area contributed by atoms with Crippen LogP contribution in [0.5, 0.6) is 0 Å². The molecule has 0 aromatic heterocycles. The van der Waals surface area contributed by atoms with Crippen LogP contribution >= 0.6 is 0 Å². The van der Waals surface area contributed by atoms with Crippen LogP contribution in [0, 0.1) is 14.4 Å². The van der Waals surface area contributed by atoms with E-state index in [0.29, 0.717) is 0 Å². The Morgan fingerprint density at radius 3 is 2.15 bits per heavy atom. The molecule has 0 bridgehead atoms. The minimum Gasteiger partial charge on any atom is -0.358 e. The van der Waals surface area contributed by atoms with Crippen molar-refractivity contribution in [2.24, 2.45) is 0 Å². The van der Waals surface area contributed by atoms with Crippen LogP contribution in [0.3, 0.4) is 0 Å². The predicted octanol–water partition coefficient (Wildman–Crippen LogP) is 3.66. The molecule has 13 heavy (non-hydrogen) atoms. The molecule has 0 amide bonds. The summed E-state index contributed by atoms with van der Waals surface area (Å²) in [5, 5.41) is 0. The maximum Gasteiger partial charge on any atom is 0 e. The molecule has 0 fully saturated rings. The van der Waals surface area contributed by atoms with Crippen molar-refractivity contribution in [3.63, 3.8) is 0 Å². The molecule has 0 N–H and O–H groups in total. The van der Waals surface area contributed by atoms with Crippen molar-refractivity contribution in [1.29, 1.82) is 0 Å². The zero-order chi connectivity index (χ0) is 8.10. The van der Waals surface area contributed by atoms with Gasteiger partial charge in [0.2, 0.25) is 0 Å². The Balaban J connectivity index is 0. The van der Waals surface area contributed by atoms with Gasteiger partial charge in [-0.2, -0.15) is 24.6 Å². The zero-order valence-corrected chi connectivity index (χ0v) is 11.6. The molecule has 0 aliphatic carbocycles. The summed E-state index contributed by atoms with van der Waals surface area (Å²) < 4.78 is 0. The molecule has 0 spiro atoms. The summed E-state index contributed by atoms with van der Waals surface area (Å²) >= 11 is 0. The molecule has 0 atom stereocenters. The number of aryl methyl sites for hydroxylation is 1. The maximum absolute atomic E-state index is 3.84. The van der Waals surface area contributed by atoms with Crippen LogP contribution in [0.15, 0.2) is 24.3 Å². The van der Waals surface area contributed by atoms with Gasteiger partial charge in [0, 0.05) is 32.7 Å². The second kappa shape index (κ2) is 8.78. The molecule has 1 heteroatoms. The fourth-order valence-electron chi connectivity index (χ4n) is 1.09. The van der Waals surface area contributed by atoms with Crippen LogP contribution in [-0.4, -0.2) is 0 Å². The van der Waals surface area contributed by atoms with Gasteiger partial charge >= 0.3 is 0 Å². The van der Waals surface area contributed by atoms with Crippen LogP contribution in [0.25, 0.3) is 0 Å². The third kappa shape index (κ3) is 6.29. The summed E-state index contributed by atoms with van der Waals surface area (Å²) in [5.74, 6) is 0. The smallest absolute Gasteiger partial charge is 0 e. The Bertz CT molecular complexity index is 201. The first-order chi connectivity index (χ1) is 5.33. The molecular weight excluding hydrogens is 233 g/mol. The van der Waals surface area contributed by atoms with Gasteiger partial charge in [-0.1, -0.05) is 18.9 Å². The minimum atomic E-state index is 0. The summed E-state index contributed by atoms with van der Waals surface area (Å²) in [6.07, 6.45) is 3.76. The Labute approximate surface area is 108 Å². The fourth-order valence-corrected chi connectivity index (χ4v) is 1.09. The largest absolute Gasteiger partial charge is 0.358 e. The Hall–Kier alpha value is 0.194. The Kier molecular flexibility index (Phi) is 10.6. The van der Waals surface area contributed by atoms with Gasteiger partial charge in [0.15, 0.2) is 0 Å². The SMILES string of the molecule is [CH2-]c1ccc(CCCC)cc1.[CH3-].[Y]. The summed E-state index contributed by atoms with van der Waals surface area (Å²) in [5.41, 5.74) is 2.53. The molecular formula is C12H18Y-2. The average Bonchev–Trinajstić information content (AvgIpc) is 2.04. The van der Waals surface area contributed by atoms with E-state index < -0.39 is 0 Å². The molecule has 0 aliphatic rings. The van der Waals surface area contributed by atoms with Crippen LogP contribution in [-0.2, 0) is 39.1 Å². The van der Waals surface area contributed by atoms with E-state index in [1.807, 2.05) is 0 Å². The molecule has 0 nitrogen and oxygen atoms in total. The van der Waals surface area contributed by atoms with Gasteiger partial charge in [-0.3, -0.25) is 0 Å². The Morgan fingerprint density at radius 2 is 1.69 bits per heavy atom. The van der Waals surface area contributed by atoms with Gasteiger partial charge in [-0.15, -0.1) is 12.1 Å². The number of unbranched alkanes of at least 4 members (excludes halogenated alkanes) is 1. The third-order valence-corrected chi connectivity index (χ3v) is 1.84. The maximum atomic E-state index is 3.84. The number of benzene rings is 1. The van der Waals surface area contributed by atoms with Gasteiger partial charge < -0.3 is 7.43 Å². The van der Waals surface area contributed by atoms with Crippen LogP contribution in [0.2, 0.25) is 0 Å². The van der Waals surface area contributed by atoms with E-state index >= 15 is 0 Å². The van der Waals surface area contributed by atoms with E-state index in [4.69, 9.17) is 0 Å². The normalized spacial score (nSPS) is 8.38. The predicted molar refractivity (Wildman–Crippen MR) is 55.9 cm³/mol. The van der Waals surface area contributed by atoms with Crippen molar-refractivity contribution in [1.82, 2.24) is 0 Å². The first-order valence-electron chi connectivity index (χ1n) is 4.24. The first kappa shape index (κ1) is 15.7. The standard InChI is InChI=1S/C11H15.CH3.Y/c1-3-4-5-11-8-6-10(2)7-9-11;;/h6-9H,2-5H2,1H3;1H3;/q2*-1;. The van der Waals surface area contributed by atoms with E-state index in [9.17, 15) is 0 Å². The molecule has 1 rings (SSSR count). The van der Waals surface area contributed by atoms with Gasteiger partial charge in [0.25, 0.3) is 0 Å². The van der Waals surface area contributed by atoms with Crippen molar-refractivity contribution >= 4 is 0 Å². The molecule has 0 unspecified atom stereocenters. The minimum absolute atomic E-state index is 0.